The number of nitriles is 1. The van der Waals surface area contributed by atoms with E-state index in [0.717, 1.165) is 27.7 Å². The highest BCUT2D eigenvalue weighted by atomic mass is 14.7. The van der Waals surface area contributed by atoms with Gasteiger partial charge in [0, 0.05) is 11.1 Å². The van der Waals surface area contributed by atoms with Gasteiger partial charge in [-0.1, -0.05) is 19.9 Å². The van der Waals surface area contributed by atoms with Crippen LogP contribution in [0.1, 0.15) is 42.1 Å². The van der Waals surface area contributed by atoms with E-state index in [4.69, 9.17) is 0 Å². The largest absolute Gasteiger partial charge is 0.252 e. The van der Waals surface area contributed by atoms with E-state index in [0.29, 0.717) is 5.92 Å². The van der Waals surface area contributed by atoms with Crippen LogP contribution >= 0.6 is 0 Å². The zero-order valence-corrected chi connectivity index (χ0v) is 10.7. The molecule has 0 aliphatic heterocycles. The molecule has 0 spiro atoms. The Kier molecular flexibility index (Phi) is 2.85. The summed E-state index contributed by atoms with van der Waals surface area (Å²) in [6, 6.07) is 8.35. The predicted molar refractivity (Wildman–Crippen MR) is 70.0 cm³/mol. The molecule has 2 heteroatoms. The minimum absolute atomic E-state index is 0.340. The molecule has 0 unspecified atom stereocenters. The van der Waals surface area contributed by atoms with Gasteiger partial charge >= 0.3 is 0 Å². The summed E-state index contributed by atoms with van der Waals surface area (Å²) in [4.78, 5) is 4.65. The average molecular weight is 224 g/mol. The third-order valence-corrected chi connectivity index (χ3v) is 2.98. The lowest BCUT2D eigenvalue weighted by Gasteiger charge is -2.10. The SMILES string of the molecule is Cc1cc(C)c2c(C#N)cc(C(C)C)nc2c1. The van der Waals surface area contributed by atoms with E-state index >= 15 is 0 Å². The van der Waals surface area contributed by atoms with E-state index in [1.54, 1.807) is 0 Å². The number of aromatic nitrogens is 1. The molecule has 0 fully saturated rings. The van der Waals surface area contributed by atoms with Gasteiger partial charge in [-0.15, -0.1) is 0 Å². The number of nitrogens with zero attached hydrogens (tertiary/aromatic N) is 2. The highest BCUT2D eigenvalue weighted by molar-refractivity contribution is 5.88. The summed E-state index contributed by atoms with van der Waals surface area (Å²) >= 11 is 0. The molecule has 0 atom stereocenters. The number of hydrogen-bond donors (Lipinski definition) is 0. The molecule has 86 valence electrons. The van der Waals surface area contributed by atoms with Crippen molar-refractivity contribution in [1.82, 2.24) is 4.98 Å². The minimum Gasteiger partial charge on any atom is -0.252 e. The zero-order chi connectivity index (χ0) is 12.6. The lowest BCUT2D eigenvalue weighted by molar-refractivity contribution is 0.829. The smallest absolute Gasteiger partial charge is 0.0999 e. The first kappa shape index (κ1) is 11.6. The monoisotopic (exact) mass is 224 g/mol. The number of aryl methyl sites for hydroxylation is 2. The van der Waals surface area contributed by atoms with Gasteiger partial charge in [0.2, 0.25) is 0 Å². The second-order valence-electron chi connectivity index (χ2n) is 4.84. The molecule has 2 aromatic rings. The van der Waals surface area contributed by atoms with Crippen LogP contribution < -0.4 is 0 Å². The number of benzene rings is 1. The van der Waals surface area contributed by atoms with E-state index in [-0.39, 0.29) is 0 Å². The predicted octanol–water partition coefficient (Wildman–Crippen LogP) is 3.85. The van der Waals surface area contributed by atoms with Crippen molar-refractivity contribution in [2.45, 2.75) is 33.6 Å². The van der Waals surface area contributed by atoms with Crippen molar-refractivity contribution >= 4 is 10.9 Å². The second kappa shape index (κ2) is 4.18. The number of rotatable bonds is 1. The molecule has 1 heterocycles. The molecule has 0 radical (unpaired) electrons. The maximum Gasteiger partial charge on any atom is 0.0999 e. The zero-order valence-electron chi connectivity index (χ0n) is 10.7. The minimum atomic E-state index is 0.340. The Morgan fingerprint density at radius 2 is 1.88 bits per heavy atom. The Labute approximate surface area is 102 Å². The van der Waals surface area contributed by atoms with E-state index in [9.17, 15) is 5.26 Å². The highest BCUT2D eigenvalue weighted by Crippen LogP contribution is 2.25. The Morgan fingerprint density at radius 1 is 1.18 bits per heavy atom. The fourth-order valence-corrected chi connectivity index (χ4v) is 2.16. The maximum absolute atomic E-state index is 9.26. The van der Waals surface area contributed by atoms with Crippen molar-refractivity contribution in [3.8, 4) is 6.07 Å². The normalized spacial score (nSPS) is 10.8. The lowest BCUT2D eigenvalue weighted by Crippen LogP contribution is -1.97. The summed E-state index contributed by atoms with van der Waals surface area (Å²) in [6.07, 6.45) is 0. The molecule has 0 saturated heterocycles. The third-order valence-electron chi connectivity index (χ3n) is 2.98. The van der Waals surface area contributed by atoms with Crippen molar-refractivity contribution in [2.75, 3.05) is 0 Å². The van der Waals surface area contributed by atoms with Gasteiger partial charge in [0.25, 0.3) is 0 Å². The molecule has 2 rings (SSSR count). The molecular weight excluding hydrogens is 208 g/mol. The standard InChI is InChI=1S/C15H16N2/c1-9(2)13-7-12(8-16)15-11(4)5-10(3)6-14(15)17-13/h5-7,9H,1-4H3. The van der Waals surface area contributed by atoms with Crippen molar-refractivity contribution in [2.24, 2.45) is 0 Å². The van der Waals surface area contributed by atoms with Crippen molar-refractivity contribution in [1.29, 1.82) is 5.26 Å². The summed E-state index contributed by atoms with van der Waals surface area (Å²) in [5, 5.41) is 10.2. The average Bonchev–Trinajstić information content (AvgIpc) is 2.26. The Hall–Kier alpha value is -1.88. The quantitative estimate of drug-likeness (QED) is 0.737. The van der Waals surface area contributed by atoms with Crippen molar-refractivity contribution < 1.29 is 0 Å². The van der Waals surface area contributed by atoms with Crippen molar-refractivity contribution in [3.05, 3.63) is 40.6 Å². The van der Waals surface area contributed by atoms with E-state index < -0.39 is 0 Å². The van der Waals surface area contributed by atoms with E-state index in [1.807, 2.05) is 13.0 Å². The van der Waals surface area contributed by atoms with Gasteiger partial charge in [0.05, 0.1) is 17.1 Å². The van der Waals surface area contributed by atoms with Crippen LogP contribution in [0.5, 0.6) is 0 Å². The molecule has 17 heavy (non-hydrogen) atoms. The Balaban J connectivity index is 2.88. The van der Waals surface area contributed by atoms with Crippen LogP contribution in [0, 0.1) is 25.2 Å². The Morgan fingerprint density at radius 3 is 2.47 bits per heavy atom. The Bertz CT molecular complexity index is 619. The summed E-state index contributed by atoms with van der Waals surface area (Å²) in [5.41, 5.74) is 4.96. The maximum atomic E-state index is 9.26. The van der Waals surface area contributed by atoms with Crippen LogP contribution in [-0.4, -0.2) is 4.98 Å². The van der Waals surface area contributed by atoms with Crippen LogP contribution in [0.2, 0.25) is 0 Å². The molecule has 2 nitrogen and oxygen atoms in total. The molecule has 0 N–H and O–H groups in total. The van der Waals surface area contributed by atoms with Gasteiger partial charge in [-0.05, 0) is 43.0 Å². The van der Waals surface area contributed by atoms with Gasteiger partial charge in [0.1, 0.15) is 0 Å². The molecule has 0 aliphatic rings. The first-order valence-electron chi connectivity index (χ1n) is 5.85. The molecule has 0 amide bonds. The molecule has 0 saturated carbocycles. The van der Waals surface area contributed by atoms with Crippen molar-refractivity contribution in [3.63, 3.8) is 0 Å². The van der Waals surface area contributed by atoms with Crippen LogP contribution in [0.25, 0.3) is 10.9 Å². The number of pyridine rings is 1. The first-order valence-corrected chi connectivity index (χ1v) is 5.85. The van der Waals surface area contributed by atoms with Gasteiger partial charge in [-0.25, -0.2) is 0 Å². The van der Waals surface area contributed by atoms with Gasteiger partial charge < -0.3 is 0 Å². The van der Waals surface area contributed by atoms with E-state index in [2.05, 4.69) is 44.0 Å². The summed E-state index contributed by atoms with van der Waals surface area (Å²) in [7, 11) is 0. The summed E-state index contributed by atoms with van der Waals surface area (Å²) in [6.45, 7) is 8.28. The molecule has 0 bridgehead atoms. The summed E-state index contributed by atoms with van der Waals surface area (Å²) < 4.78 is 0. The third kappa shape index (κ3) is 2.01. The topological polar surface area (TPSA) is 36.7 Å². The fraction of sp³-hybridized carbons (Fsp3) is 0.333. The molecule has 0 aliphatic carbocycles. The number of hydrogen-bond acceptors (Lipinski definition) is 2. The lowest BCUT2D eigenvalue weighted by atomic mass is 9.99. The molecule has 1 aromatic carbocycles. The molecule has 1 aromatic heterocycles. The van der Waals surface area contributed by atoms with Crippen LogP contribution in [0.4, 0.5) is 0 Å². The van der Waals surface area contributed by atoms with Crippen LogP contribution in [0.15, 0.2) is 18.2 Å². The van der Waals surface area contributed by atoms with Gasteiger partial charge in [-0.3, -0.25) is 4.98 Å². The fourth-order valence-electron chi connectivity index (χ4n) is 2.16. The van der Waals surface area contributed by atoms with Crippen LogP contribution in [0.3, 0.4) is 0 Å². The number of fused-ring (bicyclic) bond motifs is 1. The van der Waals surface area contributed by atoms with Crippen LogP contribution in [-0.2, 0) is 0 Å². The second-order valence-corrected chi connectivity index (χ2v) is 4.84. The first-order chi connectivity index (χ1) is 8.02. The van der Waals surface area contributed by atoms with Gasteiger partial charge in [0.15, 0.2) is 0 Å². The highest BCUT2D eigenvalue weighted by Gasteiger charge is 2.10. The van der Waals surface area contributed by atoms with E-state index in [1.165, 1.54) is 5.56 Å². The summed E-state index contributed by atoms with van der Waals surface area (Å²) in [5.74, 6) is 0.340. The van der Waals surface area contributed by atoms with Gasteiger partial charge in [-0.2, -0.15) is 5.26 Å². The molecular formula is C15H16N2.